The van der Waals surface area contributed by atoms with Crippen molar-refractivity contribution in [1.29, 1.82) is 0 Å². The number of aryl methyl sites for hydroxylation is 2. The molecule has 21 heavy (non-hydrogen) atoms. The molecule has 0 aliphatic carbocycles. The van der Waals surface area contributed by atoms with Crippen molar-refractivity contribution in [3.63, 3.8) is 0 Å². The molecule has 0 fully saturated rings. The van der Waals surface area contributed by atoms with Gasteiger partial charge in [-0.25, -0.2) is 0 Å². The Morgan fingerprint density at radius 1 is 1.33 bits per heavy atom. The molecule has 114 valence electrons. The van der Waals surface area contributed by atoms with Gasteiger partial charge in [0.2, 0.25) is 0 Å². The average molecular weight is 289 g/mol. The van der Waals surface area contributed by atoms with Crippen molar-refractivity contribution < 1.29 is 9.47 Å². The molecule has 1 heterocycles. The van der Waals surface area contributed by atoms with Crippen molar-refractivity contribution in [3.05, 3.63) is 41.2 Å². The van der Waals surface area contributed by atoms with E-state index in [2.05, 4.69) is 5.10 Å². The maximum absolute atomic E-state index is 5.95. The van der Waals surface area contributed by atoms with E-state index in [0.29, 0.717) is 6.61 Å². The summed E-state index contributed by atoms with van der Waals surface area (Å²) in [4.78, 5) is 0. The van der Waals surface area contributed by atoms with Gasteiger partial charge in [0.25, 0.3) is 0 Å². The number of hydrogen-bond donors (Lipinski definition) is 1. The van der Waals surface area contributed by atoms with E-state index < -0.39 is 0 Å². The number of benzene rings is 1. The van der Waals surface area contributed by atoms with Gasteiger partial charge in [-0.3, -0.25) is 4.68 Å². The van der Waals surface area contributed by atoms with Crippen LogP contribution in [0.2, 0.25) is 0 Å². The molecule has 1 aromatic heterocycles. The van der Waals surface area contributed by atoms with E-state index in [1.165, 1.54) is 0 Å². The number of methoxy groups -OCH3 is 1. The number of aromatic nitrogens is 2. The van der Waals surface area contributed by atoms with Crippen LogP contribution in [-0.2, 0) is 20.1 Å². The van der Waals surface area contributed by atoms with E-state index in [1.54, 1.807) is 7.11 Å². The van der Waals surface area contributed by atoms with Gasteiger partial charge in [-0.15, -0.1) is 0 Å². The minimum atomic E-state index is 0.0680. The first-order valence-electron chi connectivity index (χ1n) is 7.04. The molecule has 2 aromatic rings. The van der Waals surface area contributed by atoms with Crippen LogP contribution >= 0.6 is 0 Å². The van der Waals surface area contributed by atoms with Crippen LogP contribution in [0, 0.1) is 6.92 Å². The van der Waals surface area contributed by atoms with Crippen LogP contribution in [0.3, 0.4) is 0 Å². The maximum Gasteiger partial charge on any atom is 0.130 e. The zero-order chi connectivity index (χ0) is 15.4. The van der Waals surface area contributed by atoms with Gasteiger partial charge in [-0.1, -0.05) is 0 Å². The summed E-state index contributed by atoms with van der Waals surface area (Å²) >= 11 is 0. The van der Waals surface area contributed by atoms with Crippen LogP contribution in [0.5, 0.6) is 11.5 Å². The van der Waals surface area contributed by atoms with Gasteiger partial charge in [0.1, 0.15) is 18.1 Å². The minimum absolute atomic E-state index is 0.0680. The number of ether oxygens (including phenoxy) is 2. The van der Waals surface area contributed by atoms with Gasteiger partial charge in [-0.05, 0) is 50.1 Å². The maximum atomic E-state index is 5.95. The molecule has 0 saturated heterocycles. The lowest BCUT2D eigenvalue weighted by atomic mass is 10.1. The fourth-order valence-corrected chi connectivity index (χ4v) is 2.28. The largest absolute Gasteiger partial charge is 0.497 e. The van der Waals surface area contributed by atoms with Crippen LogP contribution in [0.15, 0.2) is 24.3 Å². The molecule has 0 amide bonds. The van der Waals surface area contributed by atoms with E-state index in [-0.39, 0.29) is 6.04 Å². The summed E-state index contributed by atoms with van der Waals surface area (Å²) in [5, 5.41) is 4.32. The van der Waals surface area contributed by atoms with E-state index in [1.807, 2.05) is 49.8 Å². The summed E-state index contributed by atoms with van der Waals surface area (Å²) < 4.78 is 13.0. The van der Waals surface area contributed by atoms with Crippen LogP contribution < -0.4 is 15.2 Å². The minimum Gasteiger partial charge on any atom is -0.497 e. The molecule has 1 atom stereocenters. The first-order valence-corrected chi connectivity index (χ1v) is 7.04. The van der Waals surface area contributed by atoms with E-state index >= 15 is 0 Å². The second kappa shape index (κ2) is 6.63. The smallest absolute Gasteiger partial charge is 0.130 e. The Balaban J connectivity index is 2.16. The van der Waals surface area contributed by atoms with Crippen molar-refractivity contribution in [2.75, 3.05) is 7.11 Å². The van der Waals surface area contributed by atoms with Crippen molar-refractivity contribution in [2.24, 2.45) is 12.8 Å². The second-order valence-corrected chi connectivity index (χ2v) is 5.34. The second-order valence-electron chi connectivity index (χ2n) is 5.34. The van der Waals surface area contributed by atoms with Gasteiger partial charge in [0, 0.05) is 13.1 Å². The molecule has 1 aromatic carbocycles. The highest BCUT2D eigenvalue weighted by Crippen LogP contribution is 2.26. The molecule has 2 N–H and O–H groups in total. The summed E-state index contributed by atoms with van der Waals surface area (Å²) in [6.07, 6.45) is 0.747. The lowest BCUT2D eigenvalue weighted by molar-refractivity contribution is 0.290. The van der Waals surface area contributed by atoms with Crippen molar-refractivity contribution >= 4 is 0 Å². The fourth-order valence-electron chi connectivity index (χ4n) is 2.28. The third kappa shape index (κ3) is 3.98. The Kier molecular flexibility index (Phi) is 4.85. The molecule has 2 rings (SSSR count). The molecule has 5 nitrogen and oxygen atoms in total. The van der Waals surface area contributed by atoms with Gasteiger partial charge >= 0.3 is 0 Å². The topological polar surface area (TPSA) is 62.3 Å². The molecular weight excluding hydrogens is 266 g/mol. The molecule has 0 bridgehead atoms. The number of hydrogen-bond acceptors (Lipinski definition) is 4. The van der Waals surface area contributed by atoms with Gasteiger partial charge in [0.05, 0.1) is 18.5 Å². The number of nitrogens with zero attached hydrogens (tertiary/aromatic N) is 2. The van der Waals surface area contributed by atoms with Gasteiger partial charge in [-0.2, -0.15) is 5.10 Å². The normalized spacial score (nSPS) is 12.2. The summed E-state index contributed by atoms with van der Waals surface area (Å²) in [7, 11) is 3.58. The lowest BCUT2D eigenvalue weighted by Gasteiger charge is -2.14. The van der Waals surface area contributed by atoms with Crippen molar-refractivity contribution in [3.8, 4) is 11.5 Å². The Hall–Kier alpha value is -2.01. The highest BCUT2D eigenvalue weighted by molar-refractivity contribution is 5.40. The molecule has 5 heteroatoms. The average Bonchev–Trinajstić information content (AvgIpc) is 2.75. The van der Waals surface area contributed by atoms with Crippen LogP contribution in [0.4, 0.5) is 0 Å². The summed E-state index contributed by atoms with van der Waals surface area (Å²) in [6.45, 7) is 4.43. The highest BCUT2D eigenvalue weighted by Gasteiger charge is 2.10. The lowest BCUT2D eigenvalue weighted by Crippen LogP contribution is -2.18. The Bertz CT molecular complexity index is 606. The zero-order valence-electron chi connectivity index (χ0n) is 13.1. The van der Waals surface area contributed by atoms with Gasteiger partial charge < -0.3 is 15.2 Å². The third-order valence-electron chi connectivity index (χ3n) is 3.28. The van der Waals surface area contributed by atoms with E-state index in [9.17, 15) is 0 Å². The van der Waals surface area contributed by atoms with Crippen LogP contribution in [-0.4, -0.2) is 22.9 Å². The molecule has 0 saturated carbocycles. The first-order chi connectivity index (χ1) is 9.99. The van der Waals surface area contributed by atoms with Crippen LogP contribution in [0.25, 0.3) is 0 Å². The summed E-state index contributed by atoms with van der Waals surface area (Å²) in [5.41, 5.74) is 8.99. The molecule has 0 spiro atoms. The highest BCUT2D eigenvalue weighted by atomic mass is 16.5. The van der Waals surface area contributed by atoms with Crippen molar-refractivity contribution in [1.82, 2.24) is 9.78 Å². The van der Waals surface area contributed by atoms with E-state index in [0.717, 1.165) is 34.9 Å². The monoisotopic (exact) mass is 289 g/mol. The Morgan fingerprint density at radius 2 is 2.10 bits per heavy atom. The number of nitrogens with two attached hydrogens (primary N) is 1. The first kappa shape index (κ1) is 15.4. The molecule has 0 radical (unpaired) electrons. The molecular formula is C16H23N3O2. The standard InChI is InChI=1S/C16H23N3O2/c1-11(17)7-13-9-15(20-4)5-6-16(13)21-10-14-8-12(2)18-19(14)3/h5-6,8-9,11H,7,10,17H2,1-4H3. The van der Waals surface area contributed by atoms with Crippen LogP contribution in [0.1, 0.15) is 23.9 Å². The fraction of sp³-hybridized carbons (Fsp3) is 0.438. The van der Waals surface area contributed by atoms with Gasteiger partial charge in [0.15, 0.2) is 0 Å². The van der Waals surface area contributed by atoms with E-state index in [4.69, 9.17) is 15.2 Å². The zero-order valence-corrected chi connectivity index (χ0v) is 13.1. The Labute approximate surface area is 125 Å². The molecule has 0 aliphatic heterocycles. The van der Waals surface area contributed by atoms with Crippen molar-refractivity contribution in [2.45, 2.75) is 32.9 Å². The molecule has 0 aliphatic rings. The number of rotatable bonds is 6. The Morgan fingerprint density at radius 3 is 2.67 bits per heavy atom. The predicted octanol–water partition coefficient (Wildman–Crippen LogP) is 2.21. The predicted molar refractivity (Wildman–Crippen MR) is 82.6 cm³/mol. The quantitative estimate of drug-likeness (QED) is 0.885. The molecule has 1 unspecified atom stereocenters. The SMILES string of the molecule is COc1ccc(OCc2cc(C)nn2C)c(CC(C)N)c1. The summed E-state index contributed by atoms with van der Waals surface area (Å²) in [5.74, 6) is 1.65. The summed E-state index contributed by atoms with van der Waals surface area (Å²) in [6, 6.07) is 7.90. The third-order valence-corrected chi connectivity index (χ3v) is 3.28.